The fourth-order valence-corrected chi connectivity index (χ4v) is 5.03. The molecule has 2 N–H and O–H groups in total. The molecule has 0 aliphatic rings. The summed E-state index contributed by atoms with van der Waals surface area (Å²) in [6, 6.07) is 9.58. The quantitative estimate of drug-likeness (QED) is 0.401. The molecule has 7 nitrogen and oxygen atoms in total. The van der Waals surface area contributed by atoms with Crippen molar-refractivity contribution in [3.05, 3.63) is 51.2 Å². The van der Waals surface area contributed by atoms with Crippen molar-refractivity contribution in [2.24, 2.45) is 0 Å². The first-order valence-corrected chi connectivity index (χ1v) is 12.6. The number of carbonyl (C=O) groups excluding carboxylic acids is 2. The lowest BCUT2D eigenvalue weighted by molar-refractivity contribution is -0.133. The number of amides is 2. The van der Waals surface area contributed by atoms with Crippen LogP contribution in [0, 0.1) is 6.92 Å². The summed E-state index contributed by atoms with van der Waals surface area (Å²) in [7, 11) is 0. The van der Waals surface area contributed by atoms with E-state index >= 15 is 0 Å². The van der Waals surface area contributed by atoms with E-state index in [4.69, 9.17) is 11.6 Å². The number of thioether (sulfide) groups is 1. The van der Waals surface area contributed by atoms with Crippen LogP contribution in [0.25, 0.3) is 0 Å². The maximum Gasteiger partial charge on any atom is 0.239 e. The highest BCUT2D eigenvalue weighted by Crippen LogP contribution is 2.29. The zero-order valence-electron chi connectivity index (χ0n) is 17.1. The molecule has 11 heteroatoms. The lowest BCUT2D eigenvalue weighted by atomic mass is 10.2. The lowest BCUT2D eigenvalue weighted by Gasteiger charge is -2.19. The smallest absolute Gasteiger partial charge is 0.239 e. The van der Waals surface area contributed by atoms with Gasteiger partial charge in [0.15, 0.2) is 4.34 Å². The average Bonchev–Trinajstić information content (AvgIpc) is 3.43. The third kappa shape index (κ3) is 7.20. The van der Waals surface area contributed by atoms with Gasteiger partial charge in [-0.15, -0.1) is 21.5 Å². The molecule has 0 fully saturated rings. The number of carbonyl (C=O) groups is 2. The molecule has 3 rings (SSSR count). The zero-order valence-corrected chi connectivity index (χ0v) is 20.3. The van der Waals surface area contributed by atoms with E-state index in [0.717, 1.165) is 16.1 Å². The van der Waals surface area contributed by atoms with Gasteiger partial charge in [0.05, 0.1) is 18.8 Å². The SMILES string of the molecule is CCN(CC(=O)NCc1cccs1)C(=O)CSc1nnc(Nc2ccc(C)c(Cl)c2)s1. The van der Waals surface area contributed by atoms with E-state index in [1.165, 1.54) is 28.0 Å². The second kappa shape index (κ2) is 11.5. The number of nitrogens with zero attached hydrogens (tertiary/aromatic N) is 3. The first-order valence-electron chi connectivity index (χ1n) is 9.51. The molecule has 3 aromatic rings. The van der Waals surface area contributed by atoms with Crippen LogP contribution in [0.3, 0.4) is 0 Å². The number of thiophene rings is 1. The van der Waals surface area contributed by atoms with E-state index in [1.807, 2.05) is 49.6 Å². The number of aryl methyl sites for hydroxylation is 1. The molecule has 0 saturated carbocycles. The second-order valence-electron chi connectivity index (χ2n) is 6.51. The fourth-order valence-electron chi connectivity index (χ4n) is 2.53. The van der Waals surface area contributed by atoms with E-state index in [2.05, 4.69) is 20.8 Å². The fraction of sp³-hybridized carbons (Fsp3) is 0.300. The average molecular weight is 496 g/mol. The van der Waals surface area contributed by atoms with E-state index in [-0.39, 0.29) is 24.1 Å². The number of rotatable bonds is 10. The molecule has 0 bridgehead atoms. The minimum absolute atomic E-state index is 0.0401. The molecule has 1 aromatic carbocycles. The summed E-state index contributed by atoms with van der Waals surface area (Å²) in [6.07, 6.45) is 0. The summed E-state index contributed by atoms with van der Waals surface area (Å²) in [5.41, 5.74) is 1.82. The number of aromatic nitrogens is 2. The molecule has 0 atom stereocenters. The Labute approximate surface area is 198 Å². The summed E-state index contributed by atoms with van der Waals surface area (Å²) in [5, 5.41) is 17.5. The maximum atomic E-state index is 12.5. The Kier molecular flexibility index (Phi) is 8.70. The van der Waals surface area contributed by atoms with Crippen molar-refractivity contribution >= 4 is 68.7 Å². The highest BCUT2D eigenvalue weighted by atomic mass is 35.5. The molecule has 2 aromatic heterocycles. The minimum atomic E-state index is -0.173. The van der Waals surface area contributed by atoms with Gasteiger partial charge in [0.25, 0.3) is 0 Å². The van der Waals surface area contributed by atoms with Gasteiger partial charge in [-0.2, -0.15) is 0 Å². The van der Waals surface area contributed by atoms with Crippen molar-refractivity contribution in [3.8, 4) is 0 Å². The van der Waals surface area contributed by atoms with Gasteiger partial charge in [-0.3, -0.25) is 9.59 Å². The van der Waals surface area contributed by atoms with Crippen LogP contribution in [-0.2, 0) is 16.1 Å². The molecular weight excluding hydrogens is 474 g/mol. The van der Waals surface area contributed by atoms with Crippen LogP contribution in [0.2, 0.25) is 5.02 Å². The Bertz CT molecular complexity index is 1030. The summed E-state index contributed by atoms with van der Waals surface area (Å²) in [4.78, 5) is 27.3. The molecule has 2 heterocycles. The van der Waals surface area contributed by atoms with Crippen molar-refractivity contribution in [2.75, 3.05) is 24.2 Å². The molecule has 0 aliphatic carbocycles. The number of hydrogen-bond acceptors (Lipinski definition) is 8. The predicted octanol–water partition coefficient (Wildman–Crippen LogP) is 4.56. The molecule has 164 valence electrons. The molecule has 0 unspecified atom stereocenters. The van der Waals surface area contributed by atoms with Crippen LogP contribution in [0.5, 0.6) is 0 Å². The monoisotopic (exact) mass is 495 g/mol. The van der Waals surface area contributed by atoms with Crippen molar-refractivity contribution in [2.45, 2.75) is 24.7 Å². The van der Waals surface area contributed by atoms with Gasteiger partial charge in [0.2, 0.25) is 16.9 Å². The Morgan fingerprint density at radius 3 is 2.81 bits per heavy atom. The van der Waals surface area contributed by atoms with Crippen molar-refractivity contribution < 1.29 is 9.59 Å². The Balaban J connectivity index is 1.46. The Morgan fingerprint density at radius 1 is 1.26 bits per heavy atom. The number of hydrogen-bond donors (Lipinski definition) is 2. The first kappa shape index (κ1) is 23.5. The van der Waals surface area contributed by atoms with Crippen LogP contribution < -0.4 is 10.6 Å². The number of halogens is 1. The third-order valence-corrected chi connectivity index (χ3v) is 7.50. The van der Waals surface area contributed by atoms with E-state index < -0.39 is 0 Å². The van der Waals surface area contributed by atoms with Crippen LogP contribution in [0.4, 0.5) is 10.8 Å². The van der Waals surface area contributed by atoms with Crippen LogP contribution in [0.1, 0.15) is 17.4 Å². The molecule has 2 amide bonds. The molecule has 0 spiro atoms. The largest absolute Gasteiger partial charge is 0.350 e. The molecular formula is C20H22ClN5O2S3. The number of anilines is 2. The third-order valence-electron chi connectivity index (χ3n) is 4.26. The van der Waals surface area contributed by atoms with Crippen molar-refractivity contribution in [1.82, 2.24) is 20.4 Å². The van der Waals surface area contributed by atoms with Crippen molar-refractivity contribution in [3.63, 3.8) is 0 Å². The standard InChI is InChI=1S/C20H22ClN5O2S3/c1-3-26(11-17(27)22-10-15-5-4-8-29-15)18(28)12-30-20-25-24-19(31-20)23-14-7-6-13(2)16(21)9-14/h4-9H,3,10-12H2,1-2H3,(H,22,27)(H,23,24). The van der Waals surface area contributed by atoms with Gasteiger partial charge >= 0.3 is 0 Å². The van der Waals surface area contributed by atoms with Gasteiger partial charge in [-0.25, -0.2) is 0 Å². The number of nitrogens with one attached hydrogen (secondary N) is 2. The maximum absolute atomic E-state index is 12.5. The second-order valence-corrected chi connectivity index (χ2v) is 10.2. The number of likely N-dealkylation sites (N-methyl/N-ethyl adjacent to an activating group) is 1. The summed E-state index contributed by atoms with van der Waals surface area (Å²) in [6.45, 7) is 4.77. The van der Waals surface area contributed by atoms with E-state index in [0.29, 0.717) is 27.6 Å². The minimum Gasteiger partial charge on any atom is -0.350 e. The molecule has 0 saturated heterocycles. The highest BCUT2D eigenvalue weighted by molar-refractivity contribution is 8.01. The summed E-state index contributed by atoms with van der Waals surface area (Å²) in [5.74, 6) is -0.0987. The van der Waals surface area contributed by atoms with Crippen molar-refractivity contribution in [1.29, 1.82) is 0 Å². The van der Waals surface area contributed by atoms with Crippen LogP contribution in [0.15, 0.2) is 40.1 Å². The predicted molar refractivity (Wildman–Crippen MR) is 129 cm³/mol. The summed E-state index contributed by atoms with van der Waals surface area (Å²) >= 11 is 10.4. The van der Waals surface area contributed by atoms with E-state index in [1.54, 1.807) is 11.3 Å². The number of benzene rings is 1. The Morgan fingerprint density at radius 2 is 2.10 bits per heavy atom. The van der Waals surface area contributed by atoms with Gasteiger partial charge in [-0.05, 0) is 43.0 Å². The Hall–Kier alpha value is -2.14. The van der Waals surface area contributed by atoms with Gasteiger partial charge in [0.1, 0.15) is 0 Å². The van der Waals surface area contributed by atoms with Gasteiger partial charge < -0.3 is 15.5 Å². The highest BCUT2D eigenvalue weighted by Gasteiger charge is 2.17. The molecule has 0 aliphatic heterocycles. The zero-order chi connectivity index (χ0) is 22.2. The van der Waals surface area contributed by atoms with Crippen LogP contribution >= 0.6 is 46.0 Å². The molecule has 0 radical (unpaired) electrons. The summed E-state index contributed by atoms with van der Waals surface area (Å²) < 4.78 is 0.673. The topological polar surface area (TPSA) is 87.2 Å². The normalized spacial score (nSPS) is 10.7. The lowest BCUT2D eigenvalue weighted by Crippen LogP contribution is -2.41. The molecule has 31 heavy (non-hydrogen) atoms. The van der Waals surface area contributed by atoms with Crippen LogP contribution in [-0.4, -0.2) is 45.8 Å². The van der Waals surface area contributed by atoms with Gasteiger partial charge in [0, 0.05) is 22.1 Å². The first-order chi connectivity index (χ1) is 14.9. The van der Waals surface area contributed by atoms with E-state index in [9.17, 15) is 9.59 Å². The van der Waals surface area contributed by atoms with Gasteiger partial charge in [-0.1, -0.05) is 46.8 Å².